The molecule has 0 bridgehead atoms. The van der Waals surface area contributed by atoms with E-state index in [4.69, 9.17) is 5.26 Å². The van der Waals surface area contributed by atoms with Gasteiger partial charge in [-0.15, -0.1) is 31.4 Å². The molecule has 0 radical (unpaired) electrons. The van der Waals surface area contributed by atoms with Crippen LogP contribution in [0.2, 0.25) is 0 Å². The molecular weight excluding hydrogens is 305 g/mol. The molecule has 3 nitrogen and oxygen atoms in total. The lowest BCUT2D eigenvalue weighted by molar-refractivity contribution is 0.172. The van der Waals surface area contributed by atoms with Gasteiger partial charge < -0.3 is 5.32 Å². The molecule has 0 aromatic heterocycles. The number of nitriles is 1. The molecule has 0 unspecified atom stereocenters. The highest BCUT2D eigenvalue weighted by molar-refractivity contribution is 5.85. The van der Waals surface area contributed by atoms with Gasteiger partial charge in [-0.05, 0) is 31.0 Å². The van der Waals surface area contributed by atoms with E-state index in [-0.39, 0.29) is 24.8 Å². The molecule has 5 heteroatoms. The van der Waals surface area contributed by atoms with Crippen molar-refractivity contribution in [2.45, 2.75) is 19.4 Å². The topological polar surface area (TPSA) is 39.1 Å². The number of hydrogen-bond acceptors (Lipinski definition) is 3. The first-order chi connectivity index (χ1) is 9.20. The van der Waals surface area contributed by atoms with Crippen LogP contribution in [-0.4, -0.2) is 31.1 Å². The molecule has 0 aliphatic carbocycles. The van der Waals surface area contributed by atoms with Crippen molar-refractivity contribution >= 4 is 24.8 Å². The summed E-state index contributed by atoms with van der Waals surface area (Å²) in [4.78, 5) is 2.51. The molecule has 0 saturated carbocycles. The maximum atomic E-state index is 8.88. The van der Waals surface area contributed by atoms with E-state index in [0.717, 1.165) is 38.2 Å². The Bertz CT molecular complexity index is 473. The molecule has 1 heterocycles. The molecule has 0 spiro atoms. The summed E-state index contributed by atoms with van der Waals surface area (Å²) in [5.41, 5.74) is 3.20. The molecule has 2 rings (SSSR count). The summed E-state index contributed by atoms with van der Waals surface area (Å²) in [6, 6.07) is 10.5. The first kappa shape index (κ1) is 19.9. The smallest absolute Gasteiger partial charge is 0.0991 e. The lowest BCUT2D eigenvalue weighted by atomic mass is 9.97. The average Bonchev–Trinajstić information content (AvgIpc) is 2.46. The van der Waals surface area contributed by atoms with Crippen LogP contribution in [0.4, 0.5) is 0 Å². The van der Waals surface area contributed by atoms with Gasteiger partial charge in [0.2, 0.25) is 0 Å². The summed E-state index contributed by atoms with van der Waals surface area (Å²) in [5.74, 6) is 0. The van der Waals surface area contributed by atoms with Crippen LogP contribution in [-0.2, 0) is 0 Å². The monoisotopic (exact) mass is 327 g/mol. The third kappa shape index (κ3) is 5.68. The molecule has 1 aromatic carbocycles. The van der Waals surface area contributed by atoms with Gasteiger partial charge in [-0.3, -0.25) is 4.90 Å². The number of nitrogens with zero attached hydrogens (tertiary/aromatic N) is 2. The zero-order valence-corrected chi connectivity index (χ0v) is 14.0. The van der Waals surface area contributed by atoms with E-state index < -0.39 is 0 Å². The Morgan fingerprint density at radius 1 is 1.29 bits per heavy atom. The van der Waals surface area contributed by atoms with E-state index in [1.54, 1.807) is 0 Å². The second-order valence-corrected chi connectivity index (χ2v) is 5.20. The lowest BCUT2D eigenvalue weighted by Gasteiger charge is -2.35. The van der Waals surface area contributed by atoms with Gasteiger partial charge in [0.25, 0.3) is 0 Å². The van der Waals surface area contributed by atoms with Gasteiger partial charge in [0, 0.05) is 32.2 Å². The highest BCUT2D eigenvalue weighted by Gasteiger charge is 2.21. The lowest BCUT2D eigenvalue weighted by Crippen LogP contribution is -2.45. The fraction of sp³-hybridized carbons (Fsp3) is 0.438. The normalized spacial score (nSPS) is 16.0. The molecule has 1 saturated heterocycles. The Labute approximate surface area is 139 Å². The number of hydrogen-bond donors (Lipinski definition) is 1. The fourth-order valence-electron chi connectivity index (χ4n) is 2.56. The maximum Gasteiger partial charge on any atom is 0.0991 e. The number of halogens is 2. The third-order valence-electron chi connectivity index (χ3n) is 3.56. The molecule has 1 fully saturated rings. The van der Waals surface area contributed by atoms with Gasteiger partial charge in [-0.1, -0.05) is 17.7 Å². The second-order valence-electron chi connectivity index (χ2n) is 5.20. The third-order valence-corrected chi connectivity index (χ3v) is 3.56. The average molecular weight is 328 g/mol. The van der Waals surface area contributed by atoms with Crippen LogP contribution >= 0.6 is 24.8 Å². The van der Waals surface area contributed by atoms with Gasteiger partial charge >= 0.3 is 0 Å². The molecule has 116 valence electrons. The highest BCUT2D eigenvalue weighted by Crippen LogP contribution is 2.27. The Kier molecular flexibility index (Phi) is 9.32. The van der Waals surface area contributed by atoms with Crippen LogP contribution in [0.15, 0.2) is 36.4 Å². The van der Waals surface area contributed by atoms with Gasteiger partial charge in [-0.25, -0.2) is 0 Å². The zero-order chi connectivity index (χ0) is 13.7. The van der Waals surface area contributed by atoms with Crippen LogP contribution in [0, 0.1) is 11.3 Å². The molecule has 1 aromatic rings. The Morgan fingerprint density at radius 2 is 1.86 bits per heavy atom. The zero-order valence-electron chi connectivity index (χ0n) is 12.3. The standard InChI is InChI=1S/C16H21N3.2ClH/c1-13(2)11-16(19-9-7-18-8-10-19)15-5-3-14(12-17)4-6-15;;/h3-6,16,18H,1,7-11H2,2H3;2*1H/t16-;;/m0../s1. The van der Waals surface area contributed by atoms with Gasteiger partial charge in [0.05, 0.1) is 11.6 Å². The molecule has 0 amide bonds. The molecule has 21 heavy (non-hydrogen) atoms. The van der Waals surface area contributed by atoms with E-state index in [0.29, 0.717) is 6.04 Å². The summed E-state index contributed by atoms with van der Waals surface area (Å²) in [7, 11) is 0. The molecular formula is C16H23Cl2N3. The summed E-state index contributed by atoms with van der Waals surface area (Å²) < 4.78 is 0. The highest BCUT2D eigenvalue weighted by atomic mass is 35.5. The minimum atomic E-state index is 0. The van der Waals surface area contributed by atoms with Crippen molar-refractivity contribution in [3.05, 3.63) is 47.5 Å². The first-order valence-corrected chi connectivity index (χ1v) is 6.80. The Morgan fingerprint density at radius 3 is 2.33 bits per heavy atom. The predicted molar refractivity (Wildman–Crippen MR) is 92.3 cm³/mol. The van der Waals surface area contributed by atoms with E-state index >= 15 is 0 Å². The Balaban J connectivity index is 0.00000200. The minimum Gasteiger partial charge on any atom is -0.314 e. The minimum absolute atomic E-state index is 0. The van der Waals surface area contributed by atoms with Crippen molar-refractivity contribution in [3.8, 4) is 6.07 Å². The van der Waals surface area contributed by atoms with E-state index in [1.165, 1.54) is 11.1 Å². The summed E-state index contributed by atoms with van der Waals surface area (Å²) in [6.07, 6.45) is 0.978. The SMILES string of the molecule is C=C(C)C[C@@H](c1ccc(C#N)cc1)N1CCNCC1.Cl.Cl. The van der Waals surface area contributed by atoms with E-state index in [1.807, 2.05) is 12.1 Å². The largest absolute Gasteiger partial charge is 0.314 e. The predicted octanol–water partition coefficient (Wildman–Crippen LogP) is 3.31. The first-order valence-electron chi connectivity index (χ1n) is 6.80. The second kappa shape index (κ2) is 9.81. The van der Waals surface area contributed by atoms with Crippen LogP contribution in [0.25, 0.3) is 0 Å². The van der Waals surface area contributed by atoms with Crippen LogP contribution in [0.3, 0.4) is 0 Å². The van der Waals surface area contributed by atoms with Crippen LogP contribution < -0.4 is 5.32 Å². The number of piperazine rings is 1. The fourth-order valence-corrected chi connectivity index (χ4v) is 2.56. The molecule has 1 aliphatic heterocycles. The van der Waals surface area contributed by atoms with Gasteiger partial charge in [-0.2, -0.15) is 5.26 Å². The van der Waals surface area contributed by atoms with Crippen molar-refractivity contribution in [3.63, 3.8) is 0 Å². The Hall–Kier alpha value is -1.05. The quantitative estimate of drug-likeness (QED) is 0.862. The number of benzene rings is 1. The number of rotatable bonds is 4. The van der Waals surface area contributed by atoms with Crippen LogP contribution in [0.1, 0.15) is 30.5 Å². The van der Waals surface area contributed by atoms with E-state index in [9.17, 15) is 0 Å². The van der Waals surface area contributed by atoms with Crippen molar-refractivity contribution in [2.75, 3.05) is 26.2 Å². The molecule has 1 N–H and O–H groups in total. The summed E-state index contributed by atoms with van der Waals surface area (Å²) >= 11 is 0. The van der Waals surface area contributed by atoms with Crippen LogP contribution in [0.5, 0.6) is 0 Å². The van der Waals surface area contributed by atoms with Crippen molar-refractivity contribution in [1.82, 2.24) is 10.2 Å². The molecule has 1 atom stereocenters. The summed E-state index contributed by atoms with van der Waals surface area (Å²) in [5, 5.41) is 12.3. The van der Waals surface area contributed by atoms with Gasteiger partial charge in [0.15, 0.2) is 0 Å². The van der Waals surface area contributed by atoms with Crippen molar-refractivity contribution < 1.29 is 0 Å². The van der Waals surface area contributed by atoms with Crippen molar-refractivity contribution in [1.29, 1.82) is 5.26 Å². The van der Waals surface area contributed by atoms with E-state index in [2.05, 4.69) is 41.9 Å². The maximum absolute atomic E-state index is 8.88. The number of nitrogens with one attached hydrogen (secondary N) is 1. The summed E-state index contributed by atoms with van der Waals surface area (Å²) in [6.45, 7) is 10.4. The van der Waals surface area contributed by atoms with Gasteiger partial charge in [0.1, 0.15) is 0 Å². The van der Waals surface area contributed by atoms with Crippen molar-refractivity contribution in [2.24, 2.45) is 0 Å². The molecule has 1 aliphatic rings.